The minimum Gasteiger partial charge on any atom is -0.507 e. The molecule has 0 spiro atoms. The summed E-state index contributed by atoms with van der Waals surface area (Å²) in [5.74, 6) is -4.41. The first-order chi connectivity index (χ1) is 20.9. The van der Waals surface area contributed by atoms with Gasteiger partial charge in [0.1, 0.15) is 23.9 Å². The predicted molar refractivity (Wildman–Crippen MR) is 146 cm³/mol. The molecule has 4 heterocycles. The van der Waals surface area contributed by atoms with Crippen LogP contribution in [-0.2, 0) is 4.79 Å². The molecule has 5 rings (SSSR count). The Morgan fingerprint density at radius 1 is 1.24 bits per heavy atom. The highest BCUT2D eigenvalue weighted by Crippen LogP contribution is 2.37. The van der Waals surface area contributed by atoms with Crippen molar-refractivity contribution in [3.05, 3.63) is 54.4 Å². The number of nitriles is 1. The Hall–Kier alpha value is -4.37. The summed E-state index contributed by atoms with van der Waals surface area (Å²) in [7, 11) is 0. The van der Waals surface area contributed by atoms with Crippen molar-refractivity contribution in [2.75, 3.05) is 44.7 Å². The van der Waals surface area contributed by atoms with Gasteiger partial charge in [0.25, 0.3) is 5.91 Å². The number of aromatic nitrogens is 2. The number of ether oxygens (including phenoxy) is 1. The van der Waals surface area contributed by atoms with E-state index in [-0.39, 0.29) is 49.6 Å². The number of carbonyl (C=O) groups is 1. The molecule has 9 nitrogen and oxygen atoms in total. The number of benzene rings is 1. The first-order valence-corrected chi connectivity index (χ1v) is 13.0. The van der Waals surface area contributed by atoms with Crippen LogP contribution < -0.4 is 9.64 Å². The number of likely N-dealkylation sites (tertiary alicyclic amines) is 1. The third kappa shape index (κ3) is 5.63. The van der Waals surface area contributed by atoms with E-state index in [4.69, 9.17) is 8.85 Å². The Morgan fingerprint density at radius 3 is 2.80 bits per heavy atom. The number of aromatic hydroxyl groups is 1. The monoisotopic (exact) mass is 569 g/mol. The van der Waals surface area contributed by atoms with Crippen LogP contribution in [0.1, 0.15) is 23.4 Å². The van der Waals surface area contributed by atoms with E-state index in [0.29, 0.717) is 25.1 Å². The van der Waals surface area contributed by atoms with Gasteiger partial charge in [-0.1, -0.05) is 12.6 Å². The second kappa shape index (κ2) is 11.6. The summed E-state index contributed by atoms with van der Waals surface area (Å²) in [6.45, 7) is 1.38. The zero-order valence-corrected chi connectivity index (χ0v) is 22.0. The molecule has 0 radical (unpaired) electrons. The molecular weight excluding hydrogens is 537 g/mol. The van der Waals surface area contributed by atoms with Crippen LogP contribution in [0.3, 0.4) is 0 Å². The molecule has 1 amide bonds. The minimum absolute atomic E-state index is 0.0174. The third-order valence-electron chi connectivity index (χ3n) is 7.38. The molecule has 1 aromatic carbocycles. The molecule has 3 aromatic rings. The van der Waals surface area contributed by atoms with E-state index in [1.54, 1.807) is 4.90 Å². The molecule has 2 fully saturated rings. The maximum atomic E-state index is 15.6. The second-order valence-electron chi connectivity index (χ2n) is 9.97. The Balaban J connectivity index is 1.57. The topological polar surface area (TPSA) is 106 Å². The molecule has 41 heavy (non-hydrogen) atoms. The molecule has 2 aliphatic heterocycles. The van der Waals surface area contributed by atoms with Gasteiger partial charge >= 0.3 is 0 Å². The molecule has 0 aliphatic carbocycles. The van der Waals surface area contributed by atoms with Crippen molar-refractivity contribution in [3.8, 4) is 29.0 Å². The number of piperazine rings is 1. The SMILES string of the molecule is [2H]C([2H])([2H])N1CCC[C@H]1COc1cc(N2CCN(C(=O)C(=C)F)[C@@H](CC#N)C2)c2cc(F)c(-c3c(O)cccc3F)nc2n1. The number of phenols is 1. The molecule has 1 N–H and O–H groups in total. The smallest absolute Gasteiger partial charge is 0.282 e. The number of hydrogen-bond donors (Lipinski definition) is 1. The number of fused-ring (bicyclic) bond motifs is 1. The van der Waals surface area contributed by atoms with Crippen LogP contribution in [-0.4, -0.2) is 82.6 Å². The number of amides is 1. The number of halogens is 3. The summed E-state index contributed by atoms with van der Waals surface area (Å²) in [4.78, 5) is 25.5. The molecular formula is C29H29F3N6O3. The molecule has 214 valence electrons. The van der Waals surface area contributed by atoms with E-state index in [1.165, 1.54) is 28.0 Å². The average molecular weight is 570 g/mol. The normalized spacial score (nSPS) is 20.8. The fourth-order valence-electron chi connectivity index (χ4n) is 5.31. The standard InChI is InChI=1S/C29H29F3N6O3/c1-17(30)29(40)38-12-11-37(15-18(38)8-9-33)23-14-25(41-16-19-5-4-10-36(19)2)34-28-20(23)13-22(32)27(35-28)26-21(31)6-3-7-24(26)39/h3,6-7,13-14,18-19,39H,1,4-5,8,10-12,15-16H2,2H3/t18-,19-/m0/s1/i2D3. The molecule has 0 bridgehead atoms. The lowest BCUT2D eigenvalue weighted by molar-refractivity contribution is -0.131. The van der Waals surface area contributed by atoms with Crippen LogP contribution in [0.2, 0.25) is 0 Å². The molecule has 12 heteroatoms. The van der Waals surface area contributed by atoms with E-state index >= 15 is 4.39 Å². The molecule has 2 saturated heterocycles. The summed E-state index contributed by atoms with van der Waals surface area (Å²) < 4.78 is 73.4. The fraction of sp³-hybridized carbons (Fsp3) is 0.379. The summed E-state index contributed by atoms with van der Waals surface area (Å²) >= 11 is 0. The van der Waals surface area contributed by atoms with Gasteiger partial charge in [0.05, 0.1) is 29.8 Å². The summed E-state index contributed by atoms with van der Waals surface area (Å²) in [5, 5.41) is 19.9. The van der Waals surface area contributed by atoms with Crippen molar-refractivity contribution in [3.63, 3.8) is 0 Å². The van der Waals surface area contributed by atoms with E-state index in [0.717, 1.165) is 12.1 Å². The van der Waals surface area contributed by atoms with Crippen LogP contribution in [0.4, 0.5) is 18.9 Å². The average Bonchev–Trinajstić information content (AvgIpc) is 3.45. The Morgan fingerprint density at radius 2 is 2.07 bits per heavy atom. The van der Waals surface area contributed by atoms with Gasteiger partial charge in [-0.3, -0.25) is 4.79 Å². The zero-order valence-electron chi connectivity index (χ0n) is 25.0. The van der Waals surface area contributed by atoms with E-state index < -0.39 is 59.4 Å². The Kier molecular flexibility index (Phi) is 6.93. The highest BCUT2D eigenvalue weighted by Gasteiger charge is 2.33. The van der Waals surface area contributed by atoms with Crippen molar-refractivity contribution < 1.29 is 31.9 Å². The van der Waals surface area contributed by atoms with Crippen LogP contribution >= 0.6 is 0 Å². The minimum atomic E-state index is -2.31. The van der Waals surface area contributed by atoms with Crippen molar-refractivity contribution in [2.45, 2.75) is 31.3 Å². The molecule has 2 aliphatic rings. The van der Waals surface area contributed by atoms with Crippen molar-refractivity contribution >= 4 is 22.6 Å². The van der Waals surface area contributed by atoms with Crippen molar-refractivity contribution in [2.24, 2.45) is 0 Å². The number of phenolic OH excluding ortho intramolecular Hbond substituents is 1. The Labute approximate surface area is 239 Å². The van der Waals surface area contributed by atoms with E-state index in [1.807, 2.05) is 6.07 Å². The summed E-state index contributed by atoms with van der Waals surface area (Å²) in [6, 6.07) is 7.00. The quantitative estimate of drug-likeness (QED) is 0.423. The van der Waals surface area contributed by atoms with E-state index in [9.17, 15) is 23.9 Å². The van der Waals surface area contributed by atoms with Crippen LogP contribution in [0, 0.1) is 23.0 Å². The highest BCUT2D eigenvalue weighted by molar-refractivity contribution is 5.93. The second-order valence-corrected chi connectivity index (χ2v) is 9.97. The molecule has 0 unspecified atom stereocenters. The maximum Gasteiger partial charge on any atom is 0.282 e. The first kappa shape index (κ1) is 24.4. The lowest BCUT2D eigenvalue weighted by Gasteiger charge is -2.41. The Bertz CT molecular complexity index is 1630. The van der Waals surface area contributed by atoms with Crippen molar-refractivity contribution in [1.29, 1.82) is 5.26 Å². The number of likely N-dealkylation sites (N-methyl/N-ethyl adjacent to an activating group) is 1. The maximum absolute atomic E-state index is 15.6. The molecule has 0 saturated carbocycles. The number of anilines is 1. The zero-order chi connectivity index (χ0) is 31.8. The molecule has 2 aromatic heterocycles. The summed E-state index contributed by atoms with van der Waals surface area (Å²) in [6.07, 6.45) is 1.15. The van der Waals surface area contributed by atoms with Crippen LogP contribution in [0.15, 0.2) is 42.7 Å². The van der Waals surface area contributed by atoms with Gasteiger partial charge < -0.3 is 24.5 Å². The third-order valence-corrected chi connectivity index (χ3v) is 7.38. The number of rotatable bonds is 7. The van der Waals surface area contributed by atoms with Crippen LogP contribution in [0.5, 0.6) is 11.6 Å². The van der Waals surface area contributed by atoms with Gasteiger partial charge in [0, 0.05) is 41.2 Å². The number of pyridine rings is 2. The van der Waals surface area contributed by atoms with Gasteiger partial charge in [-0.25, -0.2) is 18.2 Å². The van der Waals surface area contributed by atoms with Gasteiger partial charge in [0.15, 0.2) is 17.3 Å². The fourth-order valence-corrected chi connectivity index (χ4v) is 5.31. The van der Waals surface area contributed by atoms with E-state index in [2.05, 4.69) is 16.5 Å². The lowest BCUT2D eigenvalue weighted by atomic mass is 10.1. The van der Waals surface area contributed by atoms with Gasteiger partial charge in [0.2, 0.25) is 5.88 Å². The predicted octanol–water partition coefficient (Wildman–Crippen LogP) is 4.17. The largest absolute Gasteiger partial charge is 0.507 e. The number of hydrogen-bond acceptors (Lipinski definition) is 8. The van der Waals surface area contributed by atoms with Crippen molar-refractivity contribution in [1.82, 2.24) is 19.8 Å². The number of carbonyl (C=O) groups excluding carboxylic acids is 1. The van der Waals surface area contributed by atoms with Gasteiger partial charge in [-0.15, -0.1) is 0 Å². The number of nitrogens with zero attached hydrogens (tertiary/aromatic N) is 6. The first-order valence-electron chi connectivity index (χ1n) is 14.5. The van der Waals surface area contributed by atoms with Crippen LogP contribution in [0.25, 0.3) is 22.3 Å². The summed E-state index contributed by atoms with van der Waals surface area (Å²) in [5.41, 5.74) is -0.613. The highest BCUT2D eigenvalue weighted by atomic mass is 19.1. The van der Waals surface area contributed by atoms with Gasteiger partial charge in [-0.05, 0) is 44.6 Å². The van der Waals surface area contributed by atoms with Gasteiger partial charge in [-0.2, -0.15) is 10.2 Å². The lowest BCUT2D eigenvalue weighted by Crippen LogP contribution is -2.55. The molecule has 2 atom stereocenters.